The third-order valence-electron chi connectivity index (χ3n) is 3.11. The summed E-state index contributed by atoms with van der Waals surface area (Å²) in [6.45, 7) is 2.34. The highest BCUT2D eigenvalue weighted by molar-refractivity contribution is 7.09. The molecule has 0 spiro atoms. The van der Waals surface area contributed by atoms with Crippen molar-refractivity contribution in [1.82, 2.24) is 9.88 Å². The van der Waals surface area contributed by atoms with Crippen LogP contribution in [0.4, 0.5) is 8.78 Å². The maximum Gasteiger partial charge on any atom is 0.255 e. The van der Waals surface area contributed by atoms with Gasteiger partial charge in [0, 0.05) is 24.9 Å². The van der Waals surface area contributed by atoms with Crippen LogP contribution in [0.15, 0.2) is 17.6 Å². The number of thiazole rings is 1. The molecule has 0 fully saturated rings. The molecule has 1 heterocycles. The van der Waals surface area contributed by atoms with Gasteiger partial charge in [-0.2, -0.15) is 0 Å². The average Bonchev–Trinajstić information content (AvgIpc) is 2.85. The van der Waals surface area contributed by atoms with Gasteiger partial charge in [0.1, 0.15) is 0 Å². The lowest BCUT2D eigenvalue weighted by Crippen LogP contribution is -2.29. The van der Waals surface area contributed by atoms with E-state index in [2.05, 4.69) is 4.98 Å². The Hall–Kier alpha value is -1.53. The van der Waals surface area contributed by atoms with Gasteiger partial charge in [0.15, 0.2) is 11.6 Å². The van der Waals surface area contributed by atoms with Gasteiger partial charge in [0.2, 0.25) is 0 Å². The van der Waals surface area contributed by atoms with Crippen molar-refractivity contribution in [2.24, 2.45) is 0 Å². The summed E-state index contributed by atoms with van der Waals surface area (Å²) in [5.74, 6) is -2.60. The van der Waals surface area contributed by atoms with E-state index in [0.717, 1.165) is 22.7 Å². The number of rotatable bonds is 4. The largest absolute Gasteiger partial charge is 0.341 e. The molecule has 1 aromatic heterocycles. The summed E-state index contributed by atoms with van der Waals surface area (Å²) >= 11 is 7.33. The van der Waals surface area contributed by atoms with Gasteiger partial charge in [0.25, 0.3) is 5.91 Å². The van der Waals surface area contributed by atoms with Gasteiger partial charge in [-0.3, -0.25) is 4.79 Å². The Morgan fingerprint density at radius 2 is 2.05 bits per heavy atom. The van der Waals surface area contributed by atoms with Crippen LogP contribution in [0.2, 0.25) is 5.02 Å². The van der Waals surface area contributed by atoms with E-state index in [1.165, 1.54) is 16.2 Å². The minimum atomic E-state index is -1.09. The van der Waals surface area contributed by atoms with E-state index in [-0.39, 0.29) is 10.6 Å². The van der Waals surface area contributed by atoms with Crippen molar-refractivity contribution < 1.29 is 13.6 Å². The first-order valence-corrected chi connectivity index (χ1v) is 7.45. The van der Waals surface area contributed by atoms with Crippen LogP contribution in [0, 0.1) is 18.6 Å². The summed E-state index contributed by atoms with van der Waals surface area (Å²) < 4.78 is 26.2. The molecule has 0 radical (unpaired) electrons. The van der Waals surface area contributed by atoms with Crippen molar-refractivity contribution in [3.63, 3.8) is 0 Å². The summed E-state index contributed by atoms with van der Waals surface area (Å²) in [6.07, 6.45) is 0.653. The number of hydrogen-bond acceptors (Lipinski definition) is 3. The van der Waals surface area contributed by atoms with E-state index >= 15 is 0 Å². The van der Waals surface area contributed by atoms with Gasteiger partial charge >= 0.3 is 0 Å². The molecular formula is C14H13ClF2N2OS. The number of aryl methyl sites for hydroxylation is 1. The number of hydrogen-bond donors (Lipinski definition) is 0. The van der Waals surface area contributed by atoms with E-state index in [0.29, 0.717) is 13.0 Å². The zero-order valence-electron chi connectivity index (χ0n) is 11.5. The van der Waals surface area contributed by atoms with Crippen LogP contribution in [0.1, 0.15) is 20.9 Å². The van der Waals surface area contributed by atoms with Crippen LogP contribution in [0.3, 0.4) is 0 Å². The second kappa shape index (κ2) is 6.49. The summed E-state index contributed by atoms with van der Waals surface area (Å²) in [5.41, 5.74) is 2.64. The summed E-state index contributed by atoms with van der Waals surface area (Å²) in [6, 6.07) is 1.64. The van der Waals surface area contributed by atoms with Crippen molar-refractivity contribution in [3.8, 4) is 0 Å². The molecule has 0 aliphatic carbocycles. The molecule has 0 aliphatic rings. The fourth-order valence-electron chi connectivity index (χ4n) is 1.83. The first-order valence-electron chi connectivity index (χ1n) is 6.19. The molecule has 21 heavy (non-hydrogen) atoms. The molecule has 0 bridgehead atoms. The van der Waals surface area contributed by atoms with Gasteiger partial charge in [-0.15, -0.1) is 11.3 Å². The Morgan fingerprint density at radius 3 is 2.67 bits per heavy atom. The van der Waals surface area contributed by atoms with Crippen molar-refractivity contribution in [2.75, 3.05) is 13.6 Å². The molecule has 1 amide bonds. The SMILES string of the molecule is Cc1ncsc1CCN(C)C(=O)c1cc(F)c(F)cc1Cl. The normalized spacial score (nSPS) is 10.7. The van der Waals surface area contributed by atoms with E-state index in [4.69, 9.17) is 11.6 Å². The molecule has 0 saturated heterocycles. The van der Waals surface area contributed by atoms with E-state index in [1.807, 2.05) is 6.92 Å². The Balaban J connectivity index is 2.09. The van der Waals surface area contributed by atoms with Gasteiger partial charge in [-0.05, 0) is 19.1 Å². The van der Waals surface area contributed by atoms with Gasteiger partial charge in [-0.25, -0.2) is 13.8 Å². The maximum atomic E-state index is 13.2. The topological polar surface area (TPSA) is 33.2 Å². The van der Waals surface area contributed by atoms with Crippen molar-refractivity contribution in [1.29, 1.82) is 0 Å². The number of nitrogens with zero attached hydrogens (tertiary/aromatic N) is 2. The quantitative estimate of drug-likeness (QED) is 0.801. The summed E-state index contributed by atoms with van der Waals surface area (Å²) in [7, 11) is 1.59. The Bertz CT molecular complexity index is 675. The molecule has 112 valence electrons. The third-order valence-corrected chi connectivity index (χ3v) is 4.41. The first-order chi connectivity index (χ1) is 9.90. The molecule has 0 unspecified atom stereocenters. The smallest absolute Gasteiger partial charge is 0.255 e. The average molecular weight is 331 g/mol. The Labute approximate surface area is 130 Å². The summed E-state index contributed by atoms with van der Waals surface area (Å²) in [5, 5.41) is -0.0975. The zero-order chi connectivity index (χ0) is 15.6. The van der Waals surface area contributed by atoms with Crippen molar-refractivity contribution in [3.05, 3.63) is 50.4 Å². The lowest BCUT2D eigenvalue weighted by molar-refractivity contribution is 0.0796. The molecule has 0 aliphatic heterocycles. The minimum absolute atomic E-state index is 0.0425. The minimum Gasteiger partial charge on any atom is -0.341 e. The van der Waals surface area contributed by atoms with Crippen LogP contribution in [-0.4, -0.2) is 29.4 Å². The van der Waals surface area contributed by atoms with Gasteiger partial charge in [-0.1, -0.05) is 11.6 Å². The van der Waals surface area contributed by atoms with Crippen LogP contribution >= 0.6 is 22.9 Å². The number of amides is 1. The molecule has 0 saturated carbocycles. The van der Waals surface area contributed by atoms with Crippen LogP contribution in [0.5, 0.6) is 0 Å². The molecular weight excluding hydrogens is 318 g/mol. The highest BCUT2D eigenvalue weighted by Gasteiger charge is 2.18. The monoisotopic (exact) mass is 330 g/mol. The number of halogens is 3. The Morgan fingerprint density at radius 1 is 1.38 bits per heavy atom. The molecule has 0 N–H and O–H groups in total. The lowest BCUT2D eigenvalue weighted by atomic mass is 10.2. The second-order valence-electron chi connectivity index (χ2n) is 4.58. The van der Waals surface area contributed by atoms with Crippen molar-refractivity contribution >= 4 is 28.8 Å². The number of aromatic nitrogens is 1. The van der Waals surface area contributed by atoms with Gasteiger partial charge in [0.05, 0.1) is 21.8 Å². The number of carbonyl (C=O) groups is 1. The van der Waals surface area contributed by atoms with Gasteiger partial charge < -0.3 is 4.90 Å². The predicted octanol–water partition coefficient (Wildman–Crippen LogP) is 3.70. The fourth-order valence-corrected chi connectivity index (χ4v) is 2.83. The number of carbonyl (C=O) groups excluding carboxylic acids is 1. The zero-order valence-corrected chi connectivity index (χ0v) is 13.1. The highest BCUT2D eigenvalue weighted by atomic mass is 35.5. The number of benzene rings is 1. The molecule has 2 rings (SSSR count). The molecule has 7 heteroatoms. The maximum absolute atomic E-state index is 13.2. The van der Waals surface area contributed by atoms with Crippen LogP contribution in [0.25, 0.3) is 0 Å². The van der Waals surface area contributed by atoms with Crippen LogP contribution in [-0.2, 0) is 6.42 Å². The lowest BCUT2D eigenvalue weighted by Gasteiger charge is -2.17. The summed E-state index contributed by atoms with van der Waals surface area (Å²) in [4.78, 5) is 18.9. The molecule has 1 aromatic carbocycles. The highest BCUT2D eigenvalue weighted by Crippen LogP contribution is 2.21. The molecule has 3 nitrogen and oxygen atoms in total. The molecule has 2 aromatic rings. The van der Waals surface area contributed by atoms with Crippen LogP contribution < -0.4 is 0 Å². The fraction of sp³-hybridized carbons (Fsp3) is 0.286. The second-order valence-corrected chi connectivity index (χ2v) is 5.93. The Kier molecular flexibility index (Phi) is 4.90. The number of likely N-dealkylation sites (N-methyl/N-ethyl adjacent to an activating group) is 1. The molecule has 0 atom stereocenters. The predicted molar refractivity (Wildman–Crippen MR) is 78.9 cm³/mol. The standard InChI is InChI=1S/C14H13ClF2N2OS/c1-8-13(21-7-18-8)3-4-19(2)14(20)9-5-11(16)12(17)6-10(9)15/h5-7H,3-4H2,1-2H3. The van der Waals surface area contributed by atoms with Crippen molar-refractivity contribution in [2.45, 2.75) is 13.3 Å². The first kappa shape index (κ1) is 15.9. The van der Waals surface area contributed by atoms with E-state index < -0.39 is 17.5 Å². The third kappa shape index (κ3) is 3.57. The van der Waals surface area contributed by atoms with E-state index in [1.54, 1.807) is 12.6 Å². The van der Waals surface area contributed by atoms with E-state index in [9.17, 15) is 13.6 Å².